The third kappa shape index (κ3) is 6.43. The Morgan fingerprint density at radius 2 is 2.10 bits per heavy atom. The smallest absolute Gasteiger partial charge is 0.208 e. The van der Waals surface area contributed by atoms with Gasteiger partial charge in [0.05, 0.1) is 25.4 Å². The summed E-state index contributed by atoms with van der Waals surface area (Å²) in [5, 5.41) is 16.3. The molecule has 0 spiro atoms. The van der Waals surface area contributed by atoms with Gasteiger partial charge in [0.25, 0.3) is 0 Å². The number of piperidine rings is 1. The first-order valence-corrected chi connectivity index (χ1v) is 11.4. The lowest BCUT2D eigenvalue weighted by atomic mass is 9.84. The van der Waals surface area contributed by atoms with Crippen molar-refractivity contribution in [2.24, 2.45) is 16.3 Å². The first-order valence-electron chi connectivity index (χ1n) is 11.4. The maximum atomic E-state index is 9.41. The van der Waals surface area contributed by atoms with Crippen LogP contribution in [0.2, 0.25) is 0 Å². The van der Waals surface area contributed by atoms with Gasteiger partial charge in [-0.15, -0.1) is 0 Å². The molecule has 0 amide bonds. The number of likely N-dealkylation sites (tertiary alicyclic amines) is 1. The second-order valence-electron chi connectivity index (χ2n) is 8.82. The number of hydrogen-bond donors (Lipinski definition) is 3. The molecule has 1 aromatic heterocycles. The zero-order valence-corrected chi connectivity index (χ0v) is 18.9. The Bertz CT molecular complexity index is 657. The molecular formula is C22H39N5O3. The van der Waals surface area contributed by atoms with E-state index in [1.165, 1.54) is 0 Å². The van der Waals surface area contributed by atoms with Crippen LogP contribution in [-0.4, -0.2) is 73.5 Å². The predicted octanol–water partition coefficient (Wildman–Crippen LogP) is 1.85. The van der Waals surface area contributed by atoms with E-state index in [-0.39, 0.29) is 12.0 Å². The highest BCUT2D eigenvalue weighted by atomic mass is 16.5. The first kappa shape index (κ1) is 23.0. The minimum Gasteiger partial charge on any atom is -0.444 e. The summed E-state index contributed by atoms with van der Waals surface area (Å²) in [7, 11) is 0. The van der Waals surface area contributed by atoms with Crippen LogP contribution in [-0.2, 0) is 11.3 Å². The first-order chi connectivity index (χ1) is 14.5. The van der Waals surface area contributed by atoms with Crippen molar-refractivity contribution < 1.29 is 14.3 Å². The normalized spacial score (nSPS) is 23.8. The van der Waals surface area contributed by atoms with Crippen LogP contribution in [0, 0.1) is 25.2 Å². The van der Waals surface area contributed by atoms with Crippen LogP contribution < -0.4 is 10.6 Å². The number of aliphatic hydroxyl groups is 1. The largest absolute Gasteiger partial charge is 0.444 e. The summed E-state index contributed by atoms with van der Waals surface area (Å²) in [5.74, 6) is 3.26. The zero-order valence-electron chi connectivity index (χ0n) is 18.9. The summed E-state index contributed by atoms with van der Waals surface area (Å²) in [5.41, 5.74) is 0.975. The maximum Gasteiger partial charge on any atom is 0.208 e. The molecule has 2 saturated heterocycles. The van der Waals surface area contributed by atoms with Crippen LogP contribution in [0.4, 0.5) is 0 Å². The Morgan fingerprint density at radius 3 is 2.70 bits per heavy atom. The molecule has 3 rings (SSSR count). The molecule has 1 unspecified atom stereocenters. The number of oxazole rings is 1. The van der Waals surface area contributed by atoms with Gasteiger partial charge >= 0.3 is 0 Å². The minimum atomic E-state index is -0.0148. The highest BCUT2D eigenvalue weighted by Crippen LogP contribution is 2.32. The molecule has 30 heavy (non-hydrogen) atoms. The van der Waals surface area contributed by atoms with Gasteiger partial charge in [-0.3, -0.25) is 9.89 Å². The van der Waals surface area contributed by atoms with Crippen molar-refractivity contribution >= 4 is 5.96 Å². The third-order valence-electron chi connectivity index (χ3n) is 6.44. The molecule has 2 fully saturated rings. The molecule has 3 N–H and O–H groups in total. The highest BCUT2D eigenvalue weighted by molar-refractivity contribution is 5.79. The van der Waals surface area contributed by atoms with Crippen LogP contribution in [0.3, 0.4) is 0 Å². The number of nitrogens with zero attached hydrogens (tertiary/aromatic N) is 3. The molecule has 8 heteroatoms. The second-order valence-corrected chi connectivity index (χ2v) is 8.82. The number of aryl methyl sites for hydroxylation is 2. The number of guanidine groups is 1. The predicted molar refractivity (Wildman–Crippen MR) is 118 cm³/mol. The highest BCUT2D eigenvalue weighted by Gasteiger charge is 2.34. The summed E-state index contributed by atoms with van der Waals surface area (Å²) in [6.45, 7) is 13.1. The summed E-state index contributed by atoms with van der Waals surface area (Å²) < 4.78 is 11.3. The molecule has 2 aliphatic heterocycles. The van der Waals surface area contributed by atoms with Crippen molar-refractivity contribution in [3.8, 4) is 0 Å². The van der Waals surface area contributed by atoms with E-state index in [2.05, 4.69) is 27.4 Å². The van der Waals surface area contributed by atoms with E-state index in [4.69, 9.17) is 14.1 Å². The molecule has 170 valence electrons. The van der Waals surface area contributed by atoms with Crippen molar-refractivity contribution in [2.45, 2.75) is 53.0 Å². The van der Waals surface area contributed by atoms with Crippen molar-refractivity contribution in [3.05, 3.63) is 17.3 Å². The third-order valence-corrected chi connectivity index (χ3v) is 6.44. The molecule has 0 bridgehead atoms. The number of aromatic nitrogens is 1. The number of rotatable bonds is 9. The lowest BCUT2D eigenvalue weighted by molar-refractivity contribution is 0.131. The Kier molecular flexibility index (Phi) is 8.53. The van der Waals surface area contributed by atoms with Crippen molar-refractivity contribution in [2.75, 3.05) is 52.5 Å². The van der Waals surface area contributed by atoms with Crippen LogP contribution in [0.25, 0.3) is 0 Å². The molecule has 1 aromatic rings. The monoisotopic (exact) mass is 421 g/mol. The Morgan fingerprint density at radius 1 is 1.30 bits per heavy atom. The molecule has 0 saturated carbocycles. The van der Waals surface area contributed by atoms with Crippen LogP contribution in [0.5, 0.6) is 0 Å². The van der Waals surface area contributed by atoms with Gasteiger partial charge in [-0.25, -0.2) is 4.98 Å². The summed E-state index contributed by atoms with van der Waals surface area (Å²) >= 11 is 0. The lowest BCUT2D eigenvalue weighted by Gasteiger charge is -2.31. The van der Waals surface area contributed by atoms with Crippen LogP contribution >= 0.6 is 0 Å². The maximum absolute atomic E-state index is 9.41. The fourth-order valence-electron chi connectivity index (χ4n) is 4.26. The molecule has 0 aromatic carbocycles. The fourth-order valence-corrected chi connectivity index (χ4v) is 4.26. The Balaban J connectivity index is 1.44. The van der Waals surface area contributed by atoms with E-state index in [9.17, 15) is 5.11 Å². The quantitative estimate of drug-likeness (QED) is 0.414. The Labute approximate surface area is 180 Å². The van der Waals surface area contributed by atoms with Crippen LogP contribution in [0.1, 0.15) is 50.0 Å². The number of nitrogens with one attached hydrogen (secondary N) is 2. The van der Waals surface area contributed by atoms with E-state index >= 15 is 0 Å². The summed E-state index contributed by atoms with van der Waals surface area (Å²) in [4.78, 5) is 11.8. The second kappa shape index (κ2) is 11.1. The molecule has 2 aliphatic rings. The molecular weight excluding hydrogens is 382 g/mol. The summed E-state index contributed by atoms with van der Waals surface area (Å²) in [6, 6.07) is 0. The molecule has 1 atom stereocenters. The topological polar surface area (TPSA) is 95.2 Å². The molecule has 3 heterocycles. The molecule has 0 aliphatic carbocycles. The summed E-state index contributed by atoms with van der Waals surface area (Å²) in [6.07, 6.45) is 4.04. The van der Waals surface area contributed by atoms with E-state index in [0.717, 1.165) is 88.3 Å². The number of hydrogen-bond acceptors (Lipinski definition) is 6. The van der Waals surface area contributed by atoms with E-state index < -0.39 is 0 Å². The van der Waals surface area contributed by atoms with Crippen molar-refractivity contribution in [3.63, 3.8) is 0 Å². The van der Waals surface area contributed by atoms with Gasteiger partial charge in [0, 0.05) is 31.7 Å². The fraction of sp³-hybridized carbons (Fsp3) is 0.818. The number of aliphatic imine (C=N–C) groups is 1. The number of aliphatic hydroxyl groups excluding tert-OH is 1. The average molecular weight is 422 g/mol. The van der Waals surface area contributed by atoms with E-state index in [1.807, 2.05) is 13.8 Å². The zero-order chi connectivity index (χ0) is 21.4. The van der Waals surface area contributed by atoms with Gasteiger partial charge in [0.15, 0.2) is 5.96 Å². The molecule has 8 nitrogen and oxygen atoms in total. The number of ether oxygens (including phenoxy) is 1. The van der Waals surface area contributed by atoms with Gasteiger partial charge < -0.3 is 24.9 Å². The van der Waals surface area contributed by atoms with Crippen LogP contribution in [0.15, 0.2) is 9.41 Å². The van der Waals surface area contributed by atoms with Crippen molar-refractivity contribution in [1.29, 1.82) is 0 Å². The lowest BCUT2D eigenvalue weighted by Crippen LogP contribution is -2.43. The van der Waals surface area contributed by atoms with E-state index in [0.29, 0.717) is 19.1 Å². The van der Waals surface area contributed by atoms with Gasteiger partial charge in [-0.1, -0.05) is 0 Å². The Hall–Kier alpha value is -1.64. The van der Waals surface area contributed by atoms with Gasteiger partial charge in [0.1, 0.15) is 5.76 Å². The SMILES string of the molecule is CCNC(=NCC1(CCO)CCOC1)NCC1CCN(Cc2nc(C)c(C)o2)CC1. The minimum absolute atomic E-state index is 0.0148. The average Bonchev–Trinajstić information content (AvgIpc) is 3.32. The molecule has 0 radical (unpaired) electrons. The standard InChI is InChI=1S/C22H39N5O3/c1-4-23-21(25-15-22(7-11-28)8-12-29-16-22)24-13-19-5-9-27(10-6-19)14-20-26-17(2)18(3)30-20/h19,28H,4-16H2,1-3H3,(H2,23,24,25). The van der Waals surface area contributed by atoms with Crippen molar-refractivity contribution in [1.82, 2.24) is 20.5 Å². The van der Waals surface area contributed by atoms with E-state index in [1.54, 1.807) is 0 Å². The van der Waals surface area contributed by atoms with Gasteiger partial charge in [-0.2, -0.15) is 0 Å². The van der Waals surface area contributed by atoms with Gasteiger partial charge in [-0.05, 0) is 65.5 Å². The van der Waals surface area contributed by atoms with Gasteiger partial charge in [0.2, 0.25) is 5.89 Å².